The number of aromatic nitrogens is 14. The van der Waals surface area contributed by atoms with Crippen LogP contribution >= 0.6 is 0 Å². The first-order chi connectivity index (χ1) is 55.7. The minimum Gasteiger partial charge on any atom is -0.348 e. The smallest absolute Gasteiger partial charge is 0.348 e. The molecule has 0 aliphatic rings. The van der Waals surface area contributed by atoms with Gasteiger partial charge in [-0.3, -0.25) is 36.7 Å². The molecule has 0 atom stereocenters. The van der Waals surface area contributed by atoms with Crippen LogP contribution < -0.4 is 18.3 Å². The molecule has 0 spiro atoms. The SMILES string of the molecule is C[n+]1[c-]n(-c2[c-]cccc2)cc1.C[n+]1[c-]n(-c2[c-]cccc2)cc1.Fc1c[c-]c(-c2ccccn2)c(F)c1.Fc1c[c-]c(-c2ccccn2)c(F)c1.Fc1c[c-]c(-c2ccccn2)c(F)n1.Fc1c[c-]c(-c2ccccn2)c(F)n1.[Ir+3].[Ir+3].[Ir+3].[Ir+3].[c-]1ccccc1-n1[c-][n+](-c2ccccc2)cc1.[c-]1ccccc1-n1[c-][n+](-c2ccccc2)cc1. The number of benzene rings is 8. The molecule has 118 heavy (non-hydrogen) atoms. The topological polar surface area (TPSA) is 113 Å². The zero-order chi connectivity index (χ0) is 79.6. The third-order valence-corrected chi connectivity index (χ3v) is 15.3. The summed E-state index contributed by atoms with van der Waals surface area (Å²) < 4.78 is 118. The Bertz CT molecular complexity index is 5240. The van der Waals surface area contributed by atoms with E-state index in [4.69, 9.17) is 0 Å². The number of para-hydroxylation sites is 6. The fraction of sp³-hybridized carbons (Fsp3) is 0.0217. The van der Waals surface area contributed by atoms with Crippen LogP contribution in [-0.4, -0.2) is 48.2 Å². The third kappa shape index (κ3) is 28.5. The molecule has 0 aliphatic heterocycles. The maximum Gasteiger partial charge on any atom is 3.00 e. The van der Waals surface area contributed by atoms with E-state index in [-0.39, 0.29) is 103 Å². The molecule has 26 heteroatoms. The van der Waals surface area contributed by atoms with E-state index < -0.39 is 47.1 Å². The van der Waals surface area contributed by atoms with Crippen LogP contribution in [0.25, 0.3) is 79.2 Å². The minimum atomic E-state index is -0.899. The maximum atomic E-state index is 13.2. The Morgan fingerprint density at radius 2 is 0.568 bits per heavy atom. The molecule has 0 N–H and O–H groups in total. The van der Waals surface area contributed by atoms with Crippen molar-refractivity contribution in [2.75, 3.05) is 0 Å². The zero-order valence-electron chi connectivity index (χ0n) is 61.9. The van der Waals surface area contributed by atoms with Gasteiger partial charge in [0.15, 0.2) is 0 Å². The standard InChI is InChI=1S/2C15H11N2.2C11H6F2N.2C10H5F2N2.2C10H9N2.4Ir/c2*1-3-7-14(8-4-1)16-11-12-17(13-16)15-9-5-2-6-10-15;2*12-8-4-5-9(10(13)7-8)11-3-1-2-6-14-11;2*11-9-5-4-7(10(12)14-9)8-3-1-2-6-13-8;2*1-11-7-8-12(9-11)10-5-3-2-4-6-10;;;;/h2*1-9,11-12H;2*1-4,6-7H;2*1-3,5-6H;2*2-5,7-8H,1H3;;;;/q8*-1;4*+3. The van der Waals surface area contributed by atoms with Gasteiger partial charge in [0, 0.05) is 97.6 Å². The number of hydrogen-bond donors (Lipinski definition) is 0. The molecule has 0 fully saturated rings. The van der Waals surface area contributed by atoms with Gasteiger partial charge in [0.2, 0.25) is 12.7 Å². The molecular formula is C92H62F8Ir4N14+4. The van der Waals surface area contributed by atoms with Crippen molar-refractivity contribution < 1.29 is 134 Å². The molecule has 0 saturated heterocycles. The summed E-state index contributed by atoms with van der Waals surface area (Å²) >= 11 is 0. The molecule has 18 rings (SSSR count). The number of rotatable bonds is 10. The van der Waals surface area contributed by atoms with E-state index in [1.54, 1.807) is 85.2 Å². The van der Waals surface area contributed by atoms with E-state index in [1.165, 1.54) is 12.4 Å². The second-order valence-electron chi connectivity index (χ2n) is 23.4. The summed E-state index contributed by atoms with van der Waals surface area (Å²) in [6.07, 6.45) is 34.5. The molecular weight excluding hydrogens is 2220 g/mol. The van der Waals surface area contributed by atoms with Gasteiger partial charge in [-0.25, -0.2) is 17.6 Å². The number of aryl methyl sites for hydroxylation is 2. The van der Waals surface area contributed by atoms with Crippen LogP contribution in [0.15, 0.2) is 341 Å². The molecule has 10 aromatic heterocycles. The number of halogens is 8. The molecule has 0 amide bonds. The third-order valence-electron chi connectivity index (χ3n) is 15.3. The van der Waals surface area contributed by atoms with Gasteiger partial charge in [0.25, 0.3) is 12.7 Å². The normalized spacial score (nSPS) is 9.85. The first kappa shape index (κ1) is 92.7. The van der Waals surface area contributed by atoms with Gasteiger partial charge < -0.3 is 47.3 Å². The van der Waals surface area contributed by atoms with Gasteiger partial charge in [-0.2, -0.15) is 121 Å². The van der Waals surface area contributed by atoms with Crippen molar-refractivity contribution in [3.8, 4) is 79.2 Å². The molecule has 0 saturated carbocycles. The molecule has 588 valence electrons. The van der Waals surface area contributed by atoms with Crippen molar-refractivity contribution in [2.24, 2.45) is 14.1 Å². The molecule has 0 radical (unpaired) electrons. The Morgan fingerprint density at radius 1 is 0.288 bits per heavy atom. The van der Waals surface area contributed by atoms with Crippen molar-refractivity contribution in [1.29, 1.82) is 0 Å². The van der Waals surface area contributed by atoms with Gasteiger partial charge in [0.1, 0.15) is 23.8 Å². The van der Waals surface area contributed by atoms with Crippen molar-refractivity contribution in [1.82, 2.24) is 48.2 Å². The van der Waals surface area contributed by atoms with Gasteiger partial charge in [-0.1, -0.05) is 143 Å². The van der Waals surface area contributed by atoms with Gasteiger partial charge in [-0.15, -0.1) is 36.4 Å². The van der Waals surface area contributed by atoms with Crippen LogP contribution in [0.1, 0.15) is 0 Å². The quantitative estimate of drug-likeness (QED) is 0.0583. The Labute approximate surface area is 731 Å². The molecule has 0 unspecified atom stereocenters. The van der Waals surface area contributed by atoms with Crippen molar-refractivity contribution >= 4 is 0 Å². The molecule has 18 aromatic rings. The van der Waals surface area contributed by atoms with E-state index in [1.807, 2.05) is 234 Å². The Morgan fingerprint density at radius 3 is 0.831 bits per heavy atom. The summed E-state index contributed by atoms with van der Waals surface area (Å²) in [4.78, 5) is 21.8. The number of pyridine rings is 6. The summed E-state index contributed by atoms with van der Waals surface area (Å²) in [5, 5.41) is 0. The van der Waals surface area contributed by atoms with Gasteiger partial charge in [-0.05, 0) is 82.7 Å². The van der Waals surface area contributed by atoms with Crippen LogP contribution in [0.3, 0.4) is 0 Å². The maximum absolute atomic E-state index is 13.2. The van der Waals surface area contributed by atoms with E-state index in [0.717, 1.165) is 70.5 Å². The fourth-order valence-corrected chi connectivity index (χ4v) is 10.0. The number of nitrogens with zero attached hydrogens (tertiary/aromatic N) is 14. The summed E-state index contributed by atoms with van der Waals surface area (Å²) in [6, 6.07) is 100. The summed E-state index contributed by atoms with van der Waals surface area (Å²) in [6.45, 7) is 0. The minimum absolute atomic E-state index is 0. The Balaban J connectivity index is 0.000000186. The van der Waals surface area contributed by atoms with E-state index in [2.05, 4.69) is 128 Å². The second-order valence-corrected chi connectivity index (χ2v) is 23.4. The average molecular weight is 2280 g/mol. The second kappa shape index (κ2) is 48.8. The van der Waals surface area contributed by atoms with Crippen LogP contribution in [-0.2, 0) is 94.5 Å². The predicted molar refractivity (Wildman–Crippen MR) is 408 cm³/mol. The molecule has 0 bridgehead atoms. The number of imidazole rings is 4. The summed E-state index contributed by atoms with van der Waals surface area (Å²) in [5.74, 6) is -6.14. The molecule has 0 aliphatic carbocycles. The van der Waals surface area contributed by atoms with Gasteiger partial charge >= 0.3 is 80.4 Å². The van der Waals surface area contributed by atoms with Crippen LogP contribution in [0.2, 0.25) is 0 Å². The number of hydrogen-bond acceptors (Lipinski definition) is 6. The Kier molecular flexibility index (Phi) is 38.3. The average Bonchev–Trinajstić information content (AvgIpc) is 1.79. The molecule has 14 nitrogen and oxygen atoms in total. The molecule has 10 heterocycles. The first-order valence-corrected chi connectivity index (χ1v) is 34.5. The largest absolute Gasteiger partial charge is 3.00 e. The zero-order valence-corrected chi connectivity index (χ0v) is 71.5. The van der Waals surface area contributed by atoms with Gasteiger partial charge in [0.05, 0.1) is 25.5 Å². The van der Waals surface area contributed by atoms with E-state index in [0.29, 0.717) is 22.8 Å². The van der Waals surface area contributed by atoms with Crippen molar-refractivity contribution in [3.05, 3.63) is 462 Å². The Hall–Kier alpha value is -12.5. The van der Waals surface area contributed by atoms with Crippen molar-refractivity contribution in [2.45, 2.75) is 0 Å². The molecule has 8 aromatic carbocycles. The predicted octanol–water partition coefficient (Wildman–Crippen LogP) is 16.6. The van der Waals surface area contributed by atoms with Crippen LogP contribution in [0, 0.1) is 121 Å². The monoisotopic (exact) mass is 2290 g/mol. The van der Waals surface area contributed by atoms with Crippen LogP contribution in [0.5, 0.6) is 0 Å². The van der Waals surface area contributed by atoms with E-state index in [9.17, 15) is 35.1 Å². The summed E-state index contributed by atoms with van der Waals surface area (Å²) in [7, 11) is 3.89. The first-order valence-electron chi connectivity index (χ1n) is 34.5. The van der Waals surface area contributed by atoms with Crippen LogP contribution in [0.4, 0.5) is 35.1 Å². The van der Waals surface area contributed by atoms with E-state index >= 15 is 0 Å². The fourth-order valence-electron chi connectivity index (χ4n) is 10.0. The summed E-state index contributed by atoms with van der Waals surface area (Å²) in [5.41, 5.74) is 8.40. The van der Waals surface area contributed by atoms with Crippen molar-refractivity contribution in [3.63, 3.8) is 0 Å².